The molecule has 1 heterocycles. The van der Waals surface area contributed by atoms with Crippen LogP contribution in [0.15, 0.2) is 24.3 Å². The number of thioether (sulfide) groups is 4. The fourth-order valence-corrected chi connectivity index (χ4v) is 7.68. The highest BCUT2D eigenvalue weighted by Gasteiger charge is 2.38. The van der Waals surface area contributed by atoms with Crippen molar-refractivity contribution in [1.82, 2.24) is 0 Å². The molecule has 4 unspecified atom stereocenters. The van der Waals surface area contributed by atoms with Gasteiger partial charge in [0.05, 0.1) is 0 Å². The summed E-state index contributed by atoms with van der Waals surface area (Å²) >= 11 is 5.72. The topological polar surface area (TPSA) is 158 Å². The molecule has 1 aliphatic heterocycles. The van der Waals surface area contributed by atoms with E-state index in [4.69, 9.17) is 28.4 Å². The summed E-state index contributed by atoms with van der Waals surface area (Å²) in [6.07, 6.45) is 2.15. The van der Waals surface area contributed by atoms with Gasteiger partial charge in [0.2, 0.25) is 0 Å². The van der Waals surface area contributed by atoms with Gasteiger partial charge in [0.15, 0.2) is 36.6 Å². The average Bonchev–Trinajstić information content (AvgIpc) is 2.93. The molecule has 0 saturated heterocycles. The van der Waals surface area contributed by atoms with Crippen molar-refractivity contribution >= 4 is 82.9 Å². The zero-order chi connectivity index (χ0) is 34.5. The van der Waals surface area contributed by atoms with E-state index in [1.165, 1.54) is 88.6 Å². The first-order valence-corrected chi connectivity index (χ1v) is 19.1. The highest BCUT2D eigenvalue weighted by atomic mass is 32.2. The Morgan fingerprint density at radius 1 is 0.391 bits per heavy atom. The van der Waals surface area contributed by atoms with Gasteiger partial charge in [0, 0.05) is 87.6 Å². The van der Waals surface area contributed by atoms with Crippen molar-refractivity contribution < 1.29 is 57.2 Å². The zero-order valence-electron chi connectivity index (χ0n) is 27.0. The van der Waals surface area contributed by atoms with Gasteiger partial charge >= 0.3 is 35.8 Å². The summed E-state index contributed by atoms with van der Waals surface area (Å²) in [5.41, 5.74) is 0. The van der Waals surface area contributed by atoms with E-state index in [0.717, 1.165) is 0 Å². The Morgan fingerprint density at radius 3 is 0.761 bits per heavy atom. The van der Waals surface area contributed by atoms with E-state index in [1.807, 2.05) is 24.3 Å². The third-order valence-corrected chi connectivity index (χ3v) is 9.63. The molecule has 0 radical (unpaired) electrons. The lowest BCUT2D eigenvalue weighted by Crippen LogP contribution is -2.47. The fraction of sp³-hybridized carbons (Fsp3) is 0.667. The summed E-state index contributed by atoms with van der Waals surface area (Å²) in [7, 11) is 0. The summed E-state index contributed by atoms with van der Waals surface area (Å²) in [6.45, 7) is 7.52. The minimum Gasteiger partial charge on any atom is -0.458 e. The minimum atomic E-state index is -1.01. The monoisotopic (exact) mass is 724 g/mol. The van der Waals surface area contributed by atoms with Crippen LogP contribution >= 0.6 is 47.0 Å². The van der Waals surface area contributed by atoms with Crippen LogP contribution < -0.4 is 0 Å². The number of carbonyl (C=O) groups is 6. The first kappa shape index (κ1) is 41.7. The van der Waals surface area contributed by atoms with E-state index in [0.29, 0.717) is 23.0 Å². The third kappa shape index (κ3) is 19.4. The Morgan fingerprint density at radius 2 is 0.587 bits per heavy atom. The normalized spacial score (nSPS) is 27.2. The van der Waals surface area contributed by atoms with Crippen LogP contribution in [0.3, 0.4) is 0 Å². The number of rotatable bonds is 6. The van der Waals surface area contributed by atoms with E-state index in [9.17, 15) is 28.8 Å². The quantitative estimate of drug-likeness (QED) is 0.222. The van der Waals surface area contributed by atoms with Gasteiger partial charge in [0.1, 0.15) is 0 Å². The van der Waals surface area contributed by atoms with E-state index in [2.05, 4.69) is 0 Å². The Balaban J connectivity index is 3.28. The van der Waals surface area contributed by atoms with Crippen LogP contribution in [0.1, 0.15) is 41.5 Å². The predicted molar refractivity (Wildman–Crippen MR) is 181 cm³/mol. The molecule has 12 nitrogen and oxygen atoms in total. The van der Waals surface area contributed by atoms with E-state index in [-0.39, 0.29) is 23.0 Å². The van der Waals surface area contributed by atoms with Crippen LogP contribution in [-0.2, 0) is 57.2 Å². The van der Waals surface area contributed by atoms with E-state index < -0.39 is 72.4 Å². The molecule has 46 heavy (non-hydrogen) atoms. The molecular weight excluding hydrogens is 681 g/mol. The second-order valence-corrected chi connectivity index (χ2v) is 14.1. The molecule has 16 heteroatoms. The second-order valence-electron chi connectivity index (χ2n) is 9.83. The molecule has 0 aromatic carbocycles. The number of esters is 6. The smallest absolute Gasteiger partial charge is 0.303 e. The maximum atomic E-state index is 12.0. The summed E-state index contributed by atoms with van der Waals surface area (Å²) in [4.78, 5) is 71.9. The Bertz CT molecular complexity index is 920. The SMILES string of the molecule is CC(=O)OC1CSC/C=C/CSC[C@H](OC(C)=O)C(OC(C)=O)C(OC(C)=O)CSC/C=C/CSC[C@H](OC(C)=O)C1OC(C)=O. The summed E-state index contributed by atoms with van der Waals surface area (Å²) < 4.78 is 33.3. The molecule has 0 aliphatic carbocycles. The van der Waals surface area contributed by atoms with Crippen LogP contribution in [0.25, 0.3) is 0 Å². The molecule has 0 bridgehead atoms. The van der Waals surface area contributed by atoms with Crippen molar-refractivity contribution in [3.8, 4) is 0 Å². The molecule has 0 saturated carbocycles. The van der Waals surface area contributed by atoms with Crippen LogP contribution in [-0.4, -0.2) is 118 Å². The Labute approximate surface area is 287 Å². The highest BCUT2D eigenvalue weighted by Crippen LogP contribution is 2.24. The van der Waals surface area contributed by atoms with Gasteiger partial charge in [-0.15, -0.1) is 0 Å². The van der Waals surface area contributed by atoms with Crippen molar-refractivity contribution in [2.45, 2.75) is 78.2 Å². The van der Waals surface area contributed by atoms with Crippen LogP contribution in [0.2, 0.25) is 0 Å². The van der Waals surface area contributed by atoms with Gasteiger partial charge in [-0.05, 0) is 0 Å². The Kier molecular flexibility index (Phi) is 21.7. The Hall–Kier alpha value is -2.30. The number of hydrogen-bond donors (Lipinski definition) is 0. The highest BCUT2D eigenvalue weighted by molar-refractivity contribution is 8.00. The molecule has 0 spiro atoms. The molecule has 1 rings (SSSR count). The molecule has 0 aromatic heterocycles. The van der Waals surface area contributed by atoms with Gasteiger partial charge in [0.25, 0.3) is 0 Å². The molecule has 0 amide bonds. The van der Waals surface area contributed by atoms with Gasteiger partial charge in [-0.3, -0.25) is 28.8 Å². The summed E-state index contributed by atoms with van der Waals surface area (Å²) in [5.74, 6) is -0.254. The summed E-state index contributed by atoms with van der Waals surface area (Å²) in [6, 6.07) is 0. The van der Waals surface area contributed by atoms with Gasteiger partial charge in [-0.1, -0.05) is 24.3 Å². The van der Waals surface area contributed by atoms with E-state index >= 15 is 0 Å². The second kappa shape index (κ2) is 23.9. The first-order valence-electron chi connectivity index (χ1n) is 14.4. The fourth-order valence-electron chi connectivity index (χ4n) is 4.08. The number of hydrogen-bond acceptors (Lipinski definition) is 16. The number of ether oxygens (including phenoxy) is 6. The zero-order valence-corrected chi connectivity index (χ0v) is 30.2. The van der Waals surface area contributed by atoms with Crippen LogP contribution in [0, 0.1) is 0 Å². The molecule has 6 atom stereocenters. The molecule has 0 fully saturated rings. The van der Waals surface area contributed by atoms with E-state index in [1.54, 1.807) is 0 Å². The van der Waals surface area contributed by atoms with Crippen molar-refractivity contribution in [3.05, 3.63) is 24.3 Å². The average molecular weight is 725 g/mol. The van der Waals surface area contributed by atoms with Crippen molar-refractivity contribution in [1.29, 1.82) is 0 Å². The van der Waals surface area contributed by atoms with Crippen molar-refractivity contribution in [2.75, 3.05) is 46.0 Å². The summed E-state index contributed by atoms with van der Waals surface area (Å²) in [5, 5.41) is 0. The largest absolute Gasteiger partial charge is 0.458 e. The maximum Gasteiger partial charge on any atom is 0.303 e. The van der Waals surface area contributed by atoms with Crippen molar-refractivity contribution in [3.63, 3.8) is 0 Å². The first-order chi connectivity index (χ1) is 21.8. The molecule has 0 N–H and O–H groups in total. The van der Waals surface area contributed by atoms with Crippen LogP contribution in [0.5, 0.6) is 0 Å². The minimum absolute atomic E-state index is 0.269. The molecular formula is C30H44O12S4. The molecule has 260 valence electrons. The lowest BCUT2D eigenvalue weighted by atomic mass is 10.1. The van der Waals surface area contributed by atoms with Crippen molar-refractivity contribution in [2.24, 2.45) is 0 Å². The standard InChI is InChI=1S/C30H44O12S4/c1-19(31)37-25-15-43-11-7-8-13-45-17-27(39-21(3)33)30(42-24(6)36)28(40-22(4)34)18-46-14-10-9-12-44-16-26(38-20(2)32)29(25)41-23(5)35/h7-10,25-30H,11-18H2,1-6H3/b8-7+,10-9+/t25-,26?,27?,28-,29?,30?/m0/s1. The lowest BCUT2D eigenvalue weighted by Gasteiger charge is -2.32. The van der Waals surface area contributed by atoms with Gasteiger partial charge in [-0.25, -0.2) is 0 Å². The number of carbonyl (C=O) groups excluding carboxylic acids is 6. The van der Waals surface area contributed by atoms with Gasteiger partial charge < -0.3 is 28.4 Å². The lowest BCUT2D eigenvalue weighted by molar-refractivity contribution is -0.178. The third-order valence-electron chi connectivity index (χ3n) is 5.66. The van der Waals surface area contributed by atoms with Crippen LogP contribution in [0.4, 0.5) is 0 Å². The predicted octanol–water partition coefficient (Wildman–Crippen LogP) is 3.64. The van der Waals surface area contributed by atoms with Gasteiger partial charge in [-0.2, -0.15) is 47.0 Å². The maximum absolute atomic E-state index is 12.0. The molecule has 1 aliphatic rings. The molecule has 0 aromatic rings.